The lowest BCUT2D eigenvalue weighted by atomic mass is 10.1. The summed E-state index contributed by atoms with van der Waals surface area (Å²) in [6.07, 6.45) is 1.17. The number of aryl methyl sites for hydroxylation is 1. The Balaban J connectivity index is 1.74. The second-order valence-corrected chi connectivity index (χ2v) is 6.68. The predicted molar refractivity (Wildman–Crippen MR) is 101 cm³/mol. The third kappa shape index (κ3) is 6.53. The van der Waals surface area contributed by atoms with Gasteiger partial charge in [0.1, 0.15) is 17.6 Å². The molecule has 3 nitrogen and oxygen atoms in total. The van der Waals surface area contributed by atoms with Gasteiger partial charge in [0.25, 0.3) is 0 Å². The van der Waals surface area contributed by atoms with Gasteiger partial charge in [-0.2, -0.15) is 0 Å². The van der Waals surface area contributed by atoms with Crippen LogP contribution in [-0.4, -0.2) is 19.3 Å². The minimum atomic E-state index is 0.0923. The van der Waals surface area contributed by atoms with Crippen molar-refractivity contribution >= 4 is 5.69 Å². The van der Waals surface area contributed by atoms with Crippen LogP contribution in [0.2, 0.25) is 0 Å². The van der Waals surface area contributed by atoms with Crippen LogP contribution in [0.15, 0.2) is 48.5 Å². The van der Waals surface area contributed by atoms with Crippen LogP contribution in [-0.2, 0) is 0 Å². The Morgan fingerprint density at radius 1 is 0.875 bits per heavy atom. The average Bonchev–Trinajstić information content (AvgIpc) is 2.56. The van der Waals surface area contributed by atoms with Crippen molar-refractivity contribution in [2.75, 3.05) is 18.5 Å². The molecule has 0 aliphatic rings. The molecule has 0 spiro atoms. The third-order valence-corrected chi connectivity index (χ3v) is 3.77. The molecular formula is C21H29NO2. The molecule has 0 aromatic heterocycles. The lowest BCUT2D eigenvalue weighted by molar-refractivity contribution is 0.234. The highest BCUT2D eigenvalue weighted by molar-refractivity contribution is 5.46. The fourth-order valence-corrected chi connectivity index (χ4v) is 2.23. The Labute approximate surface area is 146 Å². The van der Waals surface area contributed by atoms with Crippen LogP contribution in [0.4, 0.5) is 5.69 Å². The van der Waals surface area contributed by atoms with E-state index in [1.54, 1.807) is 0 Å². The fraction of sp³-hybridized carbons (Fsp3) is 0.429. The summed E-state index contributed by atoms with van der Waals surface area (Å²) in [5, 5.41) is 3.40. The van der Waals surface area contributed by atoms with Crippen molar-refractivity contribution in [3.05, 3.63) is 54.1 Å². The summed E-state index contributed by atoms with van der Waals surface area (Å²) in [5.41, 5.74) is 2.31. The van der Waals surface area contributed by atoms with Gasteiger partial charge in [-0.1, -0.05) is 31.5 Å². The van der Waals surface area contributed by atoms with Crippen LogP contribution >= 0.6 is 0 Å². The first kappa shape index (κ1) is 18.2. The van der Waals surface area contributed by atoms with E-state index in [2.05, 4.69) is 45.1 Å². The third-order valence-electron chi connectivity index (χ3n) is 3.77. The monoisotopic (exact) mass is 327 g/mol. The van der Waals surface area contributed by atoms with Crippen molar-refractivity contribution in [1.82, 2.24) is 0 Å². The highest BCUT2D eigenvalue weighted by atomic mass is 16.5. The summed E-state index contributed by atoms with van der Waals surface area (Å²) in [4.78, 5) is 0. The molecule has 0 fully saturated rings. The number of hydrogen-bond acceptors (Lipinski definition) is 3. The summed E-state index contributed by atoms with van der Waals surface area (Å²) in [6.45, 7) is 10.1. The van der Waals surface area contributed by atoms with E-state index in [0.717, 1.165) is 36.8 Å². The van der Waals surface area contributed by atoms with Crippen molar-refractivity contribution in [2.45, 2.75) is 40.2 Å². The van der Waals surface area contributed by atoms with Crippen LogP contribution in [0.25, 0.3) is 0 Å². The van der Waals surface area contributed by atoms with Crippen molar-refractivity contribution in [3.8, 4) is 11.5 Å². The summed E-state index contributed by atoms with van der Waals surface area (Å²) in [6, 6.07) is 16.3. The minimum absolute atomic E-state index is 0.0923. The molecule has 0 bridgehead atoms. The largest absolute Gasteiger partial charge is 0.494 e. The van der Waals surface area contributed by atoms with E-state index in [0.29, 0.717) is 5.92 Å². The molecule has 2 rings (SSSR count). The predicted octanol–water partition coefficient (Wildman–Crippen LogP) is 5.30. The summed E-state index contributed by atoms with van der Waals surface area (Å²) >= 11 is 0. The fourth-order valence-electron chi connectivity index (χ4n) is 2.23. The van der Waals surface area contributed by atoms with Gasteiger partial charge in [-0.3, -0.25) is 0 Å². The summed E-state index contributed by atoms with van der Waals surface area (Å²) in [5.74, 6) is 2.50. The maximum atomic E-state index is 5.90. The van der Waals surface area contributed by atoms with E-state index in [1.165, 1.54) is 5.56 Å². The molecule has 0 saturated carbocycles. The van der Waals surface area contributed by atoms with Gasteiger partial charge in [0.05, 0.1) is 13.2 Å². The highest BCUT2D eigenvalue weighted by Crippen LogP contribution is 2.17. The van der Waals surface area contributed by atoms with E-state index in [4.69, 9.17) is 9.47 Å². The van der Waals surface area contributed by atoms with Gasteiger partial charge >= 0.3 is 0 Å². The molecule has 2 aromatic carbocycles. The average molecular weight is 327 g/mol. The molecule has 0 radical (unpaired) electrons. The number of anilines is 1. The molecule has 0 amide bonds. The first-order chi connectivity index (χ1) is 11.5. The number of hydrogen-bond donors (Lipinski definition) is 1. The molecule has 1 atom stereocenters. The van der Waals surface area contributed by atoms with Crippen LogP contribution in [0.1, 0.15) is 32.8 Å². The van der Waals surface area contributed by atoms with Crippen molar-refractivity contribution in [1.29, 1.82) is 0 Å². The molecule has 1 unspecified atom stereocenters. The van der Waals surface area contributed by atoms with Gasteiger partial charge in [0, 0.05) is 5.69 Å². The Bertz CT molecular complexity index is 590. The van der Waals surface area contributed by atoms with Crippen molar-refractivity contribution in [3.63, 3.8) is 0 Å². The number of nitrogens with one attached hydrogen (secondary N) is 1. The topological polar surface area (TPSA) is 30.5 Å². The minimum Gasteiger partial charge on any atom is -0.494 e. The van der Waals surface area contributed by atoms with E-state index < -0.39 is 0 Å². The molecular weight excluding hydrogens is 298 g/mol. The van der Waals surface area contributed by atoms with E-state index in [-0.39, 0.29) is 6.10 Å². The van der Waals surface area contributed by atoms with Crippen LogP contribution in [0.5, 0.6) is 11.5 Å². The molecule has 0 aliphatic carbocycles. The summed E-state index contributed by atoms with van der Waals surface area (Å²) < 4.78 is 11.6. The van der Waals surface area contributed by atoms with Crippen LogP contribution in [0, 0.1) is 12.8 Å². The standard InChI is InChI=1S/C21H29NO2/c1-16(2)13-14-23-20-11-7-19(8-12-20)22-15-18(4)24-21-9-5-17(3)6-10-21/h5-12,16,18,22H,13-15H2,1-4H3. The normalized spacial score (nSPS) is 12.0. The zero-order chi connectivity index (χ0) is 17.4. The lowest BCUT2D eigenvalue weighted by Crippen LogP contribution is -2.22. The van der Waals surface area contributed by atoms with Gasteiger partial charge in [-0.15, -0.1) is 0 Å². The van der Waals surface area contributed by atoms with E-state index in [9.17, 15) is 0 Å². The Hall–Kier alpha value is -2.16. The van der Waals surface area contributed by atoms with Gasteiger partial charge in [0.2, 0.25) is 0 Å². The SMILES string of the molecule is Cc1ccc(OC(C)CNc2ccc(OCCC(C)C)cc2)cc1. The molecule has 24 heavy (non-hydrogen) atoms. The van der Waals surface area contributed by atoms with Gasteiger partial charge in [-0.05, 0) is 62.6 Å². The highest BCUT2D eigenvalue weighted by Gasteiger charge is 2.04. The Morgan fingerprint density at radius 3 is 2.12 bits per heavy atom. The second kappa shape index (κ2) is 9.21. The molecule has 130 valence electrons. The molecule has 3 heteroatoms. The van der Waals surface area contributed by atoms with E-state index in [1.807, 2.05) is 36.4 Å². The van der Waals surface area contributed by atoms with Crippen LogP contribution in [0.3, 0.4) is 0 Å². The quantitative estimate of drug-likeness (QED) is 0.678. The van der Waals surface area contributed by atoms with Gasteiger partial charge in [-0.25, -0.2) is 0 Å². The smallest absolute Gasteiger partial charge is 0.119 e. The maximum absolute atomic E-state index is 5.90. The van der Waals surface area contributed by atoms with Gasteiger partial charge < -0.3 is 14.8 Å². The van der Waals surface area contributed by atoms with Crippen molar-refractivity contribution in [2.24, 2.45) is 5.92 Å². The first-order valence-electron chi connectivity index (χ1n) is 8.73. The Kier molecular flexibility index (Phi) is 6.98. The molecule has 2 aromatic rings. The number of rotatable bonds is 9. The maximum Gasteiger partial charge on any atom is 0.119 e. The van der Waals surface area contributed by atoms with Gasteiger partial charge in [0.15, 0.2) is 0 Å². The Morgan fingerprint density at radius 2 is 1.50 bits per heavy atom. The van der Waals surface area contributed by atoms with E-state index >= 15 is 0 Å². The first-order valence-corrected chi connectivity index (χ1v) is 8.73. The lowest BCUT2D eigenvalue weighted by Gasteiger charge is -2.16. The second-order valence-electron chi connectivity index (χ2n) is 6.68. The molecule has 0 saturated heterocycles. The number of ether oxygens (including phenoxy) is 2. The zero-order valence-corrected chi connectivity index (χ0v) is 15.2. The van der Waals surface area contributed by atoms with Crippen molar-refractivity contribution < 1.29 is 9.47 Å². The zero-order valence-electron chi connectivity index (χ0n) is 15.2. The molecule has 0 heterocycles. The van der Waals surface area contributed by atoms with Crippen LogP contribution < -0.4 is 14.8 Å². The molecule has 0 aliphatic heterocycles. The summed E-state index contributed by atoms with van der Waals surface area (Å²) in [7, 11) is 0. The molecule has 1 N–H and O–H groups in total. The number of benzene rings is 2.